The quantitative estimate of drug-likeness (QED) is 0.708. The van der Waals surface area contributed by atoms with Crippen LogP contribution in [-0.4, -0.2) is 28.6 Å². The number of aliphatic carboxylic acids is 1. The first-order valence-electron chi connectivity index (χ1n) is 6.62. The van der Waals surface area contributed by atoms with Gasteiger partial charge in [0.05, 0.1) is 0 Å². The van der Waals surface area contributed by atoms with Crippen LogP contribution in [0.2, 0.25) is 0 Å². The van der Waals surface area contributed by atoms with Crippen LogP contribution in [0.15, 0.2) is 18.5 Å². The van der Waals surface area contributed by atoms with Gasteiger partial charge in [0.2, 0.25) is 0 Å². The largest absolute Gasteiger partial charge is 0.481 e. The summed E-state index contributed by atoms with van der Waals surface area (Å²) in [5, 5.41) is 14.1. The van der Waals surface area contributed by atoms with Crippen molar-refractivity contribution >= 4 is 12.0 Å². The fraction of sp³-hybridized carbons (Fsp3) is 0.500. The Balaban J connectivity index is 2.24. The average Bonchev–Trinajstić information content (AvgIpc) is 2.42. The van der Waals surface area contributed by atoms with E-state index in [4.69, 9.17) is 5.11 Å². The lowest BCUT2D eigenvalue weighted by atomic mass is 10.1. The van der Waals surface area contributed by atoms with Crippen LogP contribution in [-0.2, 0) is 11.3 Å². The van der Waals surface area contributed by atoms with E-state index in [0.29, 0.717) is 19.5 Å². The van der Waals surface area contributed by atoms with Gasteiger partial charge in [-0.25, -0.2) is 4.79 Å². The van der Waals surface area contributed by atoms with E-state index in [1.165, 1.54) is 0 Å². The van der Waals surface area contributed by atoms with Gasteiger partial charge in [-0.2, -0.15) is 0 Å². The summed E-state index contributed by atoms with van der Waals surface area (Å²) < 4.78 is 0. The van der Waals surface area contributed by atoms with Crippen LogP contribution in [0.1, 0.15) is 30.9 Å². The molecule has 110 valence electrons. The first-order valence-corrected chi connectivity index (χ1v) is 6.62. The summed E-state index contributed by atoms with van der Waals surface area (Å²) in [6.45, 7) is 4.76. The molecule has 0 aliphatic carbocycles. The number of urea groups is 1. The van der Waals surface area contributed by atoms with E-state index in [1.807, 2.05) is 19.9 Å². The summed E-state index contributed by atoms with van der Waals surface area (Å²) in [6.07, 6.45) is 4.12. The normalized spacial score (nSPS) is 11.7. The number of nitrogens with one attached hydrogen (secondary N) is 2. The Labute approximate surface area is 118 Å². The van der Waals surface area contributed by atoms with E-state index >= 15 is 0 Å². The van der Waals surface area contributed by atoms with Crippen LogP contribution in [0.25, 0.3) is 0 Å². The third-order valence-corrected chi connectivity index (χ3v) is 3.05. The molecule has 1 unspecified atom stereocenters. The molecule has 2 amide bonds. The fourth-order valence-corrected chi connectivity index (χ4v) is 1.66. The van der Waals surface area contributed by atoms with Crippen LogP contribution in [0.4, 0.5) is 4.79 Å². The molecule has 1 heterocycles. The maximum absolute atomic E-state index is 11.6. The summed E-state index contributed by atoms with van der Waals surface area (Å²) in [4.78, 5) is 26.1. The number of aromatic nitrogens is 1. The van der Waals surface area contributed by atoms with E-state index in [-0.39, 0.29) is 18.4 Å². The van der Waals surface area contributed by atoms with Crippen LogP contribution in [0, 0.1) is 12.8 Å². The number of carboxylic acids is 1. The van der Waals surface area contributed by atoms with Gasteiger partial charge in [-0.05, 0) is 36.5 Å². The van der Waals surface area contributed by atoms with Gasteiger partial charge in [0.15, 0.2) is 0 Å². The Morgan fingerprint density at radius 2 is 2.15 bits per heavy atom. The molecule has 0 aliphatic heterocycles. The summed E-state index contributed by atoms with van der Waals surface area (Å²) >= 11 is 0. The Hall–Kier alpha value is -2.11. The molecule has 0 spiro atoms. The first kappa shape index (κ1) is 15.9. The van der Waals surface area contributed by atoms with Gasteiger partial charge >= 0.3 is 12.0 Å². The fourth-order valence-electron chi connectivity index (χ4n) is 1.66. The molecule has 1 aromatic rings. The Kier molecular flexibility index (Phi) is 6.49. The predicted molar refractivity (Wildman–Crippen MR) is 75.2 cm³/mol. The minimum atomic E-state index is -0.812. The van der Waals surface area contributed by atoms with Crippen molar-refractivity contribution in [3.8, 4) is 0 Å². The number of nitrogens with zero attached hydrogens (tertiary/aromatic N) is 1. The highest BCUT2D eigenvalue weighted by atomic mass is 16.4. The maximum Gasteiger partial charge on any atom is 0.315 e. The van der Waals surface area contributed by atoms with Crippen LogP contribution in [0.5, 0.6) is 0 Å². The maximum atomic E-state index is 11.6. The van der Waals surface area contributed by atoms with Crippen molar-refractivity contribution in [1.82, 2.24) is 15.6 Å². The van der Waals surface area contributed by atoms with Gasteiger partial charge < -0.3 is 15.7 Å². The first-order chi connectivity index (χ1) is 9.49. The van der Waals surface area contributed by atoms with Gasteiger partial charge in [0.25, 0.3) is 0 Å². The second kappa shape index (κ2) is 8.14. The number of rotatable bonds is 7. The number of aryl methyl sites for hydroxylation is 1. The van der Waals surface area contributed by atoms with Gasteiger partial charge in [-0.3, -0.25) is 9.78 Å². The van der Waals surface area contributed by atoms with Crippen molar-refractivity contribution in [1.29, 1.82) is 0 Å². The molecule has 3 N–H and O–H groups in total. The smallest absolute Gasteiger partial charge is 0.315 e. The number of pyridine rings is 1. The van der Waals surface area contributed by atoms with Crippen LogP contribution in [0.3, 0.4) is 0 Å². The second-order valence-corrected chi connectivity index (χ2v) is 4.90. The third kappa shape index (κ3) is 6.17. The van der Waals surface area contributed by atoms with Gasteiger partial charge in [0.1, 0.15) is 0 Å². The number of carbonyl (C=O) groups is 2. The molecule has 6 heteroatoms. The van der Waals surface area contributed by atoms with Crippen LogP contribution < -0.4 is 10.6 Å². The Morgan fingerprint density at radius 3 is 2.80 bits per heavy atom. The van der Waals surface area contributed by atoms with Crippen molar-refractivity contribution in [2.45, 2.75) is 33.2 Å². The minimum Gasteiger partial charge on any atom is -0.481 e. The number of carboxylic acid groups (broad SMARTS) is 1. The molecule has 0 aliphatic rings. The Morgan fingerprint density at radius 1 is 1.40 bits per heavy atom. The van der Waals surface area contributed by atoms with Crippen molar-refractivity contribution in [3.05, 3.63) is 29.6 Å². The molecule has 1 rings (SSSR count). The van der Waals surface area contributed by atoms with Gasteiger partial charge in [-0.1, -0.05) is 6.92 Å². The van der Waals surface area contributed by atoms with Crippen molar-refractivity contribution in [3.63, 3.8) is 0 Å². The molecular weight excluding hydrogens is 258 g/mol. The molecule has 0 fully saturated rings. The summed E-state index contributed by atoms with van der Waals surface area (Å²) in [7, 11) is 0. The zero-order chi connectivity index (χ0) is 15.0. The van der Waals surface area contributed by atoms with Crippen molar-refractivity contribution in [2.75, 3.05) is 6.54 Å². The summed E-state index contributed by atoms with van der Waals surface area (Å²) in [5.41, 5.74) is 2.05. The van der Waals surface area contributed by atoms with E-state index in [2.05, 4.69) is 15.6 Å². The van der Waals surface area contributed by atoms with E-state index in [0.717, 1.165) is 11.1 Å². The monoisotopic (exact) mass is 279 g/mol. The third-order valence-electron chi connectivity index (χ3n) is 3.05. The molecule has 1 aromatic heterocycles. The highest BCUT2D eigenvalue weighted by Gasteiger charge is 2.08. The van der Waals surface area contributed by atoms with Crippen molar-refractivity contribution in [2.24, 2.45) is 5.92 Å². The van der Waals surface area contributed by atoms with Crippen LogP contribution >= 0.6 is 0 Å². The topological polar surface area (TPSA) is 91.3 Å². The van der Waals surface area contributed by atoms with E-state index < -0.39 is 5.97 Å². The van der Waals surface area contributed by atoms with Gasteiger partial charge in [-0.15, -0.1) is 0 Å². The Bertz CT molecular complexity index is 463. The number of hydrogen-bond donors (Lipinski definition) is 3. The standard InChI is InChI=1S/C14H21N3O3/c1-10(3-4-13(18)19)7-16-14(20)17-9-12-8-15-6-5-11(12)2/h5-6,8,10H,3-4,7,9H2,1-2H3,(H,18,19)(H2,16,17,20). The van der Waals surface area contributed by atoms with E-state index in [9.17, 15) is 9.59 Å². The van der Waals surface area contributed by atoms with E-state index in [1.54, 1.807) is 12.4 Å². The average molecular weight is 279 g/mol. The minimum absolute atomic E-state index is 0.124. The van der Waals surface area contributed by atoms with Crippen molar-refractivity contribution < 1.29 is 14.7 Å². The molecule has 1 atom stereocenters. The second-order valence-electron chi connectivity index (χ2n) is 4.90. The van der Waals surface area contributed by atoms with Gasteiger partial charge in [0, 0.05) is 31.9 Å². The number of hydrogen-bond acceptors (Lipinski definition) is 3. The summed E-state index contributed by atoms with van der Waals surface area (Å²) in [5.74, 6) is -0.676. The zero-order valence-electron chi connectivity index (χ0n) is 11.8. The lowest BCUT2D eigenvalue weighted by molar-refractivity contribution is -0.137. The molecule has 0 radical (unpaired) electrons. The lowest BCUT2D eigenvalue weighted by Gasteiger charge is -2.12. The lowest BCUT2D eigenvalue weighted by Crippen LogP contribution is -2.37. The molecule has 0 saturated heterocycles. The molecule has 0 saturated carbocycles. The SMILES string of the molecule is Cc1ccncc1CNC(=O)NCC(C)CCC(=O)O. The molecular formula is C14H21N3O3. The molecule has 6 nitrogen and oxygen atoms in total. The predicted octanol–water partition coefficient (Wildman–Crippen LogP) is 1.69. The highest BCUT2D eigenvalue weighted by molar-refractivity contribution is 5.73. The molecule has 20 heavy (non-hydrogen) atoms. The number of carbonyl (C=O) groups excluding carboxylic acids is 1. The number of amides is 2. The molecule has 0 bridgehead atoms. The molecule has 0 aromatic carbocycles. The highest BCUT2D eigenvalue weighted by Crippen LogP contribution is 2.05. The zero-order valence-corrected chi connectivity index (χ0v) is 11.8. The summed E-state index contributed by atoms with van der Waals surface area (Å²) in [6, 6.07) is 1.64.